The topological polar surface area (TPSA) is 121 Å². The molecule has 3 rings (SSSR count). The molecule has 0 spiro atoms. The van der Waals surface area contributed by atoms with Crippen molar-refractivity contribution in [3.05, 3.63) is 63.2 Å². The number of phenolic OH excluding ortho intramolecular Hbond substituents is 1. The van der Waals surface area contributed by atoms with Crippen molar-refractivity contribution in [1.82, 2.24) is 0 Å². The van der Waals surface area contributed by atoms with E-state index in [9.17, 15) is 29.9 Å². The number of nitrogens with zero attached hydrogens (tertiary/aromatic N) is 2. The fraction of sp³-hybridized carbons (Fsp3) is 0.333. The Morgan fingerprint density at radius 3 is 2.43 bits per heavy atom. The van der Waals surface area contributed by atoms with Gasteiger partial charge in [0.1, 0.15) is 11.1 Å². The molecule has 30 heavy (non-hydrogen) atoms. The maximum absolute atomic E-state index is 13.2. The summed E-state index contributed by atoms with van der Waals surface area (Å²) in [6, 6.07) is 9.25. The van der Waals surface area contributed by atoms with E-state index in [4.69, 9.17) is 0 Å². The van der Waals surface area contributed by atoms with Crippen LogP contribution >= 0.6 is 11.8 Å². The van der Waals surface area contributed by atoms with E-state index in [1.54, 1.807) is 36.1 Å². The highest BCUT2D eigenvalue weighted by atomic mass is 32.2. The molecule has 2 atom stereocenters. The molecule has 8 nitrogen and oxygen atoms in total. The van der Waals surface area contributed by atoms with Crippen LogP contribution in [0.25, 0.3) is 0 Å². The lowest BCUT2D eigenvalue weighted by atomic mass is 9.98. The summed E-state index contributed by atoms with van der Waals surface area (Å²) in [6.07, 6.45) is -0.322. The number of aliphatic carboxylic acids is 1. The predicted molar refractivity (Wildman–Crippen MR) is 114 cm³/mol. The number of rotatable bonds is 6. The van der Waals surface area contributed by atoms with E-state index >= 15 is 0 Å². The lowest BCUT2D eigenvalue weighted by molar-refractivity contribution is -0.384. The first-order valence-corrected chi connectivity index (χ1v) is 10.3. The number of carbonyl (C=O) groups is 2. The maximum atomic E-state index is 13.2. The van der Waals surface area contributed by atoms with Gasteiger partial charge in [0.05, 0.1) is 16.6 Å². The van der Waals surface area contributed by atoms with Gasteiger partial charge in [0, 0.05) is 17.8 Å². The van der Waals surface area contributed by atoms with Crippen LogP contribution in [0.5, 0.6) is 5.75 Å². The van der Waals surface area contributed by atoms with E-state index in [0.29, 0.717) is 22.4 Å². The maximum Gasteiger partial charge on any atom is 0.305 e. The third-order valence-electron chi connectivity index (χ3n) is 5.02. The zero-order chi connectivity index (χ0) is 22.2. The second-order valence-electron chi connectivity index (χ2n) is 7.48. The second-order valence-corrected chi connectivity index (χ2v) is 8.77. The molecule has 0 saturated carbocycles. The first-order chi connectivity index (χ1) is 14.1. The Balaban J connectivity index is 2.10. The van der Waals surface area contributed by atoms with E-state index < -0.39 is 21.5 Å². The van der Waals surface area contributed by atoms with Gasteiger partial charge in [0.15, 0.2) is 0 Å². The first kappa shape index (κ1) is 21.6. The lowest BCUT2D eigenvalue weighted by Crippen LogP contribution is -2.32. The molecule has 0 aromatic heterocycles. The fourth-order valence-electron chi connectivity index (χ4n) is 3.49. The summed E-state index contributed by atoms with van der Waals surface area (Å²) < 4.78 is 0. The van der Waals surface area contributed by atoms with Gasteiger partial charge in [0.25, 0.3) is 5.69 Å². The van der Waals surface area contributed by atoms with E-state index in [2.05, 4.69) is 0 Å². The van der Waals surface area contributed by atoms with Crippen molar-refractivity contribution >= 4 is 35.0 Å². The van der Waals surface area contributed by atoms with Crippen LogP contribution in [0.1, 0.15) is 48.3 Å². The largest absolute Gasteiger partial charge is 0.508 e. The second kappa shape index (κ2) is 8.35. The number of benzene rings is 2. The molecule has 1 aliphatic rings. The summed E-state index contributed by atoms with van der Waals surface area (Å²) >= 11 is 1.21. The van der Waals surface area contributed by atoms with Gasteiger partial charge in [-0.05, 0) is 53.8 Å². The summed E-state index contributed by atoms with van der Waals surface area (Å²) in [5.41, 5.74) is 2.53. The zero-order valence-electron chi connectivity index (χ0n) is 16.7. The van der Waals surface area contributed by atoms with Crippen LogP contribution in [0.4, 0.5) is 11.4 Å². The first-order valence-electron chi connectivity index (χ1n) is 9.38. The molecule has 0 radical (unpaired) electrons. The molecule has 158 valence electrons. The van der Waals surface area contributed by atoms with Gasteiger partial charge in [-0.2, -0.15) is 0 Å². The summed E-state index contributed by atoms with van der Waals surface area (Å²) in [6.45, 7) is 5.63. The smallest absolute Gasteiger partial charge is 0.305 e. The number of amides is 1. The standard InChI is InChI=1S/C21H22N2O6S/c1-11(2)15-9-16(12(3)8-17(15)24)22-20(27)18(10-19(25)26)30-21(22)13-4-6-14(7-5-13)23(28)29/h4-9,11,18,21,24H,10H2,1-3H3,(H,25,26). The van der Waals surface area contributed by atoms with Gasteiger partial charge in [0.2, 0.25) is 5.91 Å². The van der Waals surface area contributed by atoms with Crippen LogP contribution in [0, 0.1) is 17.0 Å². The van der Waals surface area contributed by atoms with E-state index in [1.165, 1.54) is 23.9 Å². The number of carboxylic acids is 1. The number of nitro groups is 1. The highest BCUT2D eigenvalue weighted by molar-refractivity contribution is 8.01. The minimum absolute atomic E-state index is 0.0161. The van der Waals surface area contributed by atoms with Crippen molar-refractivity contribution < 1.29 is 24.7 Å². The van der Waals surface area contributed by atoms with Crippen molar-refractivity contribution in [2.75, 3.05) is 4.90 Å². The van der Waals surface area contributed by atoms with Crippen LogP contribution in [0.3, 0.4) is 0 Å². The van der Waals surface area contributed by atoms with Gasteiger partial charge in [-0.15, -0.1) is 11.8 Å². The van der Waals surface area contributed by atoms with Gasteiger partial charge in [-0.25, -0.2) is 0 Å². The molecule has 0 bridgehead atoms. The number of nitro benzene ring substituents is 1. The highest BCUT2D eigenvalue weighted by Gasteiger charge is 2.43. The lowest BCUT2D eigenvalue weighted by Gasteiger charge is -2.27. The van der Waals surface area contributed by atoms with Crippen LogP contribution in [-0.2, 0) is 9.59 Å². The highest BCUT2D eigenvalue weighted by Crippen LogP contribution is 2.48. The number of carboxylic acid groups (broad SMARTS) is 1. The number of carbonyl (C=O) groups excluding carboxylic acids is 1. The molecule has 2 unspecified atom stereocenters. The quantitative estimate of drug-likeness (QED) is 0.516. The minimum atomic E-state index is -1.07. The predicted octanol–water partition coefficient (Wildman–Crippen LogP) is 4.35. The number of hydrogen-bond acceptors (Lipinski definition) is 6. The third-order valence-corrected chi connectivity index (χ3v) is 6.45. The molecular weight excluding hydrogens is 408 g/mol. The van der Waals surface area contributed by atoms with Crippen molar-refractivity contribution in [2.45, 2.75) is 43.7 Å². The van der Waals surface area contributed by atoms with Crippen LogP contribution < -0.4 is 4.90 Å². The molecule has 1 aliphatic heterocycles. The Hall–Kier alpha value is -3.07. The van der Waals surface area contributed by atoms with Crippen molar-refractivity contribution in [2.24, 2.45) is 0 Å². The number of phenols is 1. The normalized spacial score (nSPS) is 18.8. The van der Waals surface area contributed by atoms with E-state index in [1.807, 2.05) is 13.8 Å². The average molecular weight is 430 g/mol. The molecule has 1 amide bonds. The summed E-state index contributed by atoms with van der Waals surface area (Å²) in [5.74, 6) is -1.26. The Bertz CT molecular complexity index is 1010. The number of thioether (sulfide) groups is 1. The summed E-state index contributed by atoms with van der Waals surface area (Å²) in [7, 11) is 0. The number of hydrogen-bond donors (Lipinski definition) is 2. The SMILES string of the molecule is Cc1cc(O)c(C(C)C)cc1N1C(=O)C(CC(=O)O)SC1c1ccc([N+](=O)[O-])cc1. The third kappa shape index (κ3) is 4.11. The molecule has 2 N–H and O–H groups in total. The van der Waals surface area contributed by atoms with Crippen LogP contribution in [0.15, 0.2) is 36.4 Å². The molecule has 2 aromatic carbocycles. The summed E-state index contributed by atoms with van der Waals surface area (Å²) in [4.78, 5) is 36.5. The number of non-ortho nitro benzene ring substituents is 1. The van der Waals surface area contributed by atoms with Gasteiger partial charge in [-0.1, -0.05) is 13.8 Å². The monoisotopic (exact) mass is 430 g/mol. The van der Waals surface area contributed by atoms with E-state index in [-0.39, 0.29) is 29.7 Å². The van der Waals surface area contributed by atoms with Crippen molar-refractivity contribution in [1.29, 1.82) is 0 Å². The van der Waals surface area contributed by atoms with Gasteiger partial charge in [-0.3, -0.25) is 24.6 Å². The Morgan fingerprint density at radius 1 is 1.27 bits per heavy atom. The van der Waals surface area contributed by atoms with E-state index in [0.717, 1.165) is 0 Å². The molecule has 2 aromatic rings. The molecule has 9 heteroatoms. The molecule has 1 saturated heterocycles. The Morgan fingerprint density at radius 2 is 1.90 bits per heavy atom. The fourth-order valence-corrected chi connectivity index (χ4v) is 4.93. The molecular formula is C21H22N2O6S. The number of aromatic hydroxyl groups is 1. The van der Waals surface area contributed by atoms with Crippen molar-refractivity contribution in [3.8, 4) is 5.75 Å². The van der Waals surface area contributed by atoms with Crippen molar-refractivity contribution in [3.63, 3.8) is 0 Å². The molecule has 0 aliphatic carbocycles. The average Bonchev–Trinajstić information content (AvgIpc) is 2.97. The number of aryl methyl sites for hydroxylation is 1. The number of anilines is 1. The molecule has 1 heterocycles. The summed E-state index contributed by atoms with van der Waals surface area (Å²) in [5, 5.41) is 29.2. The van der Waals surface area contributed by atoms with Gasteiger partial charge >= 0.3 is 5.97 Å². The van der Waals surface area contributed by atoms with Crippen LogP contribution in [-0.4, -0.2) is 32.3 Å². The van der Waals surface area contributed by atoms with Gasteiger partial charge < -0.3 is 10.2 Å². The Labute approximate surface area is 177 Å². The zero-order valence-corrected chi connectivity index (χ0v) is 17.5. The minimum Gasteiger partial charge on any atom is -0.508 e. The molecule has 1 fully saturated rings. The Kier molecular flexibility index (Phi) is 6.02. The van der Waals surface area contributed by atoms with Crippen LogP contribution in [0.2, 0.25) is 0 Å².